The molecule has 7 N–H and O–H groups in total. The van der Waals surface area contributed by atoms with E-state index < -0.39 is 12.0 Å². The Kier molecular flexibility index (Phi) is 4.46. The third-order valence-electron chi connectivity index (χ3n) is 1.91. The van der Waals surface area contributed by atoms with E-state index in [-0.39, 0.29) is 12.5 Å². The molecule has 0 saturated heterocycles. The van der Waals surface area contributed by atoms with E-state index in [0.29, 0.717) is 18.2 Å². The van der Waals surface area contributed by atoms with Crippen LogP contribution >= 0.6 is 0 Å². The van der Waals surface area contributed by atoms with Crippen LogP contribution in [0.5, 0.6) is 0 Å². The molecule has 8 nitrogen and oxygen atoms in total. The molecule has 0 spiro atoms. The zero-order chi connectivity index (χ0) is 12.8. The Hall–Kier alpha value is -2.09. The van der Waals surface area contributed by atoms with Gasteiger partial charge in [0.1, 0.15) is 17.7 Å². The van der Waals surface area contributed by atoms with E-state index in [4.69, 9.17) is 11.5 Å². The van der Waals surface area contributed by atoms with Crippen LogP contribution in [-0.4, -0.2) is 40.2 Å². The van der Waals surface area contributed by atoms with Gasteiger partial charge < -0.3 is 27.2 Å². The fourth-order valence-corrected chi connectivity index (χ4v) is 1.13. The number of nitrogen functional groups attached to an aromatic ring is 1. The van der Waals surface area contributed by atoms with Crippen LogP contribution in [0, 0.1) is 0 Å². The van der Waals surface area contributed by atoms with E-state index in [0.717, 1.165) is 0 Å². The molecule has 0 aromatic carbocycles. The highest BCUT2D eigenvalue weighted by molar-refractivity contribution is 5.79. The molecule has 0 bridgehead atoms. The number of aromatic nitrogens is 2. The summed E-state index contributed by atoms with van der Waals surface area (Å²) in [5.41, 5.74) is 10.4. The normalized spacial score (nSPS) is 11.9. The van der Waals surface area contributed by atoms with Crippen LogP contribution in [0.1, 0.15) is 6.92 Å². The van der Waals surface area contributed by atoms with Crippen molar-refractivity contribution in [1.29, 1.82) is 0 Å². The Labute approximate surface area is 98.4 Å². The molecule has 1 unspecified atom stereocenters. The molecule has 17 heavy (non-hydrogen) atoms. The number of nitrogens with two attached hydrogens (primary N) is 2. The van der Waals surface area contributed by atoms with E-state index >= 15 is 0 Å². The Bertz CT molecular complexity index is 397. The third-order valence-corrected chi connectivity index (χ3v) is 1.91. The van der Waals surface area contributed by atoms with Crippen molar-refractivity contribution in [3.8, 4) is 0 Å². The van der Waals surface area contributed by atoms with E-state index in [1.807, 2.05) is 6.92 Å². The van der Waals surface area contributed by atoms with Gasteiger partial charge in [0.05, 0.1) is 6.54 Å². The van der Waals surface area contributed by atoms with Crippen molar-refractivity contribution in [3.63, 3.8) is 0 Å². The van der Waals surface area contributed by atoms with Gasteiger partial charge in [-0.25, -0.2) is 0 Å². The van der Waals surface area contributed by atoms with Crippen molar-refractivity contribution >= 4 is 23.5 Å². The van der Waals surface area contributed by atoms with Crippen molar-refractivity contribution in [2.75, 3.05) is 29.5 Å². The Morgan fingerprint density at radius 2 is 2.06 bits per heavy atom. The molecule has 0 radical (unpaired) electrons. The average molecular weight is 240 g/mol. The van der Waals surface area contributed by atoms with E-state index in [1.165, 1.54) is 0 Å². The molecular formula is C9H16N6O2. The molecule has 0 saturated carbocycles. The van der Waals surface area contributed by atoms with E-state index in [1.54, 1.807) is 6.07 Å². The molecule has 1 rings (SSSR count). The maximum Gasteiger partial charge on any atom is 0.248 e. The number of nitrogens with one attached hydrogen (secondary N) is 2. The van der Waals surface area contributed by atoms with E-state index in [2.05, 4.69) is 20.6 Å². The number of anilines is 3. The molecule has 0 aliphatic rings. The van der Waals surface area contributed by atoms with Crippen molar-refractivity contribution in [2.24, 2.45) is 5.73 Å². The first kappa shape index (κ1) is 13.0. The summed E-state index contributed by atoms with van der Waals surface area (Å²) in [7, 11) is 0. The highest BCUT2D eigenvalue weighted by Gasteiger charge is 2.10. The highest BCUT2D eigenvalue weighted by Crippen LogP contribution is 2.11. The quantitative estimate of drug-likeness (QED) is 0.418. The highest BCUT2D eigenvalue weighted by atomic mass is 16.3. The molecule has 0 aliphatic heterocycles. The van der Waals surface area contributed by atoms with Gasteiger partial charge in [0.25, 0.3) is 0 Å². The summed E-state index contributed by atoms with van der Waals surface area (Å²) >= 11 is 0. The van der Waals surface area contributed by atoms with Crippen LogP contribution in [0.3, 0.4) is 0 Å². The molecule has 1 amide bonds. The van der Waals surface area contributed by atoms with Crippen LogP contribution < -0.4 is 22.1 Å². The minimum absolute atomic E-state index is 0.0304. The Balaban J connectivity index is 2.67. The van der Waals surface area contributed by atoms with Gasteiger partial charge in [0.15, 0.2) is 0 Å². The Morgan fingerprint density at radius 3 is 2.59 bits per heavy atom. The zero-order valence-corrected chi connectivity index (χ0v) is 9.47. The SMILES string of the molecule is CCNc1cc(NCC(O)C(N)=O)nc(N)n1. The first-order chi connectivity index (χ1) is 8.02. The number of amides is 1. The minimum Gasteiger partial charge on any atom is -0.381 e. The number of carbonyl (C=O) groups excluding carboxylic acids is 1. The van der Waals surface area contributed by atoms with Crippen molar-refractivity contribution in [1.82, 2.24) is 9.97 Å². The van der Waals surface area contributed by atoms with Gasteiger partial charge >= 0.3 is 0 Å². The predicted octanol–water partition coefficient (Wildman–Crippen LogP) is -1.25. The summed E-state index contributed by atoms with van der Waals surface area (Å²) in [5.74, 6) is 0.274. The van der Waals surface area contributed by atoms with Gasteiger partial charge in [-0.05, 0) is 6.92 Å². The second-order valence-corrected chi connectivity index (χ2v) is 3.33. The van der Waals surface area contributed by atoms with Gasteiger partial charge in [-0.1, -0.05) is 0 Å². The number of hydrogen-bond acceptors (Lipinski definition) is 7. The molecule has 0 aliphatic carbocycles. The van der Waals surface area contributed by atoms with Crippen molar-refractivity contribution < 1.29 is 9.90 Å². The lowest BCUT2D eigenvalue weighted by Crippen LogP contribution is -2.34. The average Bonchev–Trinajstić information content (AvgIpc) is 2.25. The van der Waals surface area contributed by atoms with Gasteiger partial charge in [0, 0.05) is 12.6 Å². The summed E-state index contributed by atoms with van der Waals surface area (Å²) in [6.07, 6.45) is -1.27. The maximum atomic E-state index is 10.6. The molecule has 1 aromatic rings. The first-order valence-electron chi connectivity index (χ1n) is 5.12. The molecule has 1 aromatic heterocycles. The fraction of sp³-hybridized carbons (Fsp3) is 0.444. The summed E-state index contributed by atoms with van der Waals surface area (Å²) in [6, 6.07) is 1.62. The number of rotatable bonds is 6. The standard InChI is InChI=1S/C9H16N6O2/c1-2-12-6-3-7(15-9(11)14-6)13-4-5(16)8(10)17/h3,5,16H,2,4H2,1H3,(H2,10,17)(H4,11,12,13,14,15). The fourth-order valence-electron chi connectivity index (χ4n) is 1.13. The zero-order valence-electron chi connectivity index (χ0n) is 9.47. The summed E-state index contributed by atoms with van der Waals surface area (Å²) in [6.45, 7) is 2.58. The number of aliphatic hydroxyl groups excluding tert-OH is 1. The van der Waals surface area contributed by atoms with Crippen LogP contribution in [0.2, 0.25) is 0 Å². The number of nitrogens with zero attached hydrogens (tertiary/aromatic N) is 2. The predicted molar refractivity (Wildman–Crippen MR) is 64.3 cm³/mol. The van der Waals surface area contributed by atoms with Crippen molar-refractivity contribution in [2.45, 2.75) is 13.0 Å². The summed E-state index contributed by atoms with van der Waals surface area (Å²) in [5, 5.41) is 14.9. The number of hydrogen-bond donors (Lipinski definition) is 5. The second kappa shape index (κ2) is 5.85. The minimum atomic E-state index is -1.27. The van der Waals surface area contributed by atoms with Gasteiger partial charge in [-0.2, -0.15) is 9.97 Å². The molecular weight excluding hydrogens is 224 g/mol. The van der Waals surface area contributed by atoms with Gasteiger partial charge in [0.2, 0.25) is 11.9 Å². The van der Waals surface area contributed by atoms with Gasteiger partial charge in [-0.15, -0.1) is 0 Å². The van der Waals surface area contributed by atoms with Gasteiger partial charge in [-0.3, -0.25) is 4.79 Å². The lowest BCUT2D eigenvalue weighted by molar-refractivity contribution is -0.125. The molecule has 0 fully saturated rings. The smallest absolute Gasteiger partial charge is 0.248 e. The largest absolute Gasteiger partial charge is 0.381 e. The number of carbonyl (C=O) groups is 1. The molecule has 8 heteroatoms. The van der Waals surface area contributed by atoms with Crippen LogP contribution in [0.15, 0.2) is 6.07 Å². The third kappa shape index (κ3) is 4.11. The number of aliphatic hydroxyl groups is 1. The summed E-state index contributed by atoms with van der Waals surface area (Å²) < 4.78 is 0. The van der Waals surface area contributed by atoms with Crippen LogP contribution in [0.25, 0.3) is 0 Å². The maximum absolute atomic E-state index is 10.6. The second-order valence-electron chi connectivity index (χ2n) is 3.33. The Morgan fingerprint density at radius 1 is 1.47 bits per heavy atom. The van der Waals surface area contributed by atoms with Crippen molar-refractivity contribution in [3.05, 3.63) is 6.07 Å². The lowest BCUT2D eigenvalue weighted by atomic mass is 10.3. The molecule has 1 atom stereocenters. The summed E-state index contributed by atoms with van der Waals surface area (Å²) in [4.78, 5) is 18.5. The van der Waals surface area contributed by atoms with E-state index in [9.17, 15) is 9.90 Å². The number of primary amides is 1. The lowest BCUT2D eigenvalue weighted by Gasteiger charge is -2.10. The topological polar surface area (TPSA) is 139 Å². The molecule has 94 valence electrons. The van der Waals surface area contributed by atoms with Crippen LogP contribution in [0.4, 0.5) is 17.6 Å². The molecule has 1 heterocycles. The van der Waals surface area contributed by atoms with Crippen LogP contribution in [-0.2, 0) is 4.79 Å². The monoisotopic (exact) mass is 240 g/mol. The first-order valence-corrected chi connectivity index (χ1v) is 5.12.